The van der Waals surface area contributed by atoms with Gasteiger partial charge in [-0.05, 0) is 19.1 Å². The molecule has 6 nitrogen and oxygen atoms in total. The zero-order valence-corrected chi connectivity index (χ0v) is 12.4. The SMILES string of the molecule is COc1cccc(-c2noc(C(C)N3CCNCC3)n2)c1. The molecule has 6 heteroatoms. The highest BCUT2D eigenvalue weighted by molar-refractivity contribution is 5.56. The van der Waals surface area contributed by atoms with Crippen LogP contribution in [0.1, 0.15) is 18.9 Å². The minimum atomic E-state index is 0.138. The summed E-state index contributed by atoms with van der Waals surface area (Å²) >= 11 is 0. The molecule has 1 fully saturated rings. The minimum absolute atomic E-state index is 0.138. The van der Waals surface area contributed by atoms with Crippen LogP contribution in [-0.2, 0) is 0 Å². The van der Waals surface area contributed by atoms with Crippen molar-refractivity contribution in [2.75, 3.05) is 33.3 Å². The zero-order chi connectivity index (χ0) is 14.7. The monoisotopic (exact) mass is 288 g/mol. The lowest BCUT2D eigenvalue weighted by Crippen LogP contribution is -2.44. The Kier molecular flexibility index (Phi) is 4.17. The van der Waals surface area contributed by atoms with Crippen molar-refractivity contribution < 1.29 is 9.26 Å². The number of nitrogens with one attached hydrogen (secondary N) is 1. The van der Waals surface area contributed by atoms with Crippen molar-refractivity contribution in [3.8, 4) is 17.1 Å². The van der Waals surface area contributed by atoms with Gasteiger partial charge in [-0.25, -0.2) is 0 Å². The second kappa shape index (κ2) is 6.24. The van der Waals surface area contributed by atoms with Gasteiger partial charge < -0.3 is 14.6 Å². The molecule has 0 amide bonds. The van der Waals surface area contributed by atoms with Crippen LogP contribution in [-0.4, -0.2) is 48.3 Å². The summed E-state index contributed by atoms with van der Waals surface area (Å²) in [6.45, 7) is 6.10. The van der Waals surface area contributed by atoms with Crippen molar-refractivity contribution in [2.45, 2.75) is 13.0 Å². The normalized spacial score (nSPS) is 17.6. The molecule has 21 heavy (non-hydrogen) atoms. The predicted octanol–water partition coefficient (Wildman–Crippen LogP) is 1.71. The molecule has 1 aromatic heterocycles. The smallest absolute Gasteiger partial charge is 0.244 e. The van der Waals surface area contributed by atoms with Crippen LogP contribution in [0.2, 0.25) is 0 Å². The van der Waals surface area contributed by atoms with E-state index >= 15 is 0 Å². The maximum atomic E-state index is 5.44. The van der Waals surface area contributed by atoms with E-state index in [1.807, 2.05) is 24.3 Å². The molecule has 1 aliphatic rings. The van der Waals surface area contributed by atoms with Crippen LogP contribution >= 0.6 is 0 Å². The van der Waals surface area contributed by atoms with E-state index in [9.17, 15) is 0 Å². The highest BCUT2D eigenvalue weighted by Crippen LogP contribution is 2.24. The summed E-state index contributed by atoms with van der Waals surface area (Å²) in [5.41, 5.74) is 0.900. The highest BCUT2D eigenvalue weighted by atomic mass is 16.5. The van der Waals surface area contributed by atoms with Gasteiger partial charge in [0.25, 0.3) is 0 Å². The molecule has 1 atom stereocenters. The molecule has 1 unspecified atom stereocenters. The van der Waals surface area contributed by atoms with Gasteiger partial charge in [-0.2, -0.15) is 4.98 Å². The first-order valence-electron chi connectivity index (χ1n) is 7.21. The van der Waals surface area contributed by atoms with Gasteiger partial charge in [-0.15, -0.1) is 0 Å². The Hall–Kier alpha value is -1.92. The van der Waals surface area contributed by atoms with Crippen molar-refractivity contribution in [1.82, 2.24) is 20.4 Å². The largest absolute Gasteiger partial charge is 0.497 e. The van der Waals surface area contributed by atoms with Gasteiger partial charge in [0.05, 0.1) is 13.2 Å². The summed E-state index contributed by atoms with van der Waals surface area (Å²) in [5.74, 6) is 2.05. The van der Waals surface area contributed by atoms with Gasteiger partial charge in [-0.3, -0.25) is 4.90 Å². The molecule has 0 spiro atoms. The van der Waals surface area contributed by atoms with Crippen molar-refractivity contribution in [3.63, 3.8) is 0 Å². The number of hydrogen-bond acceptors (Lipinski definition) is 6. The van der Waals surface area contributed by atoms with Gasteiger partial charge in [0, 0.05) is 31.7 Å². The average Bonchev–Trinajstić information content (AvgIpc) is 3.05. The fourth-order valence-electron chi connectivity index (χ4n) is 2.51. The predicted molar refractivity (Wildman–Crippen MR) is 79.1 cm³/mol. The Bertz CT molecular complexity index is 593. The van der Waals surface area contributed by atoms with E-state index in [1.54, 1.807) is 7.11 Å². The standard InChI is InChI=1S/C15H20N4O2/c1-11(19-8-6-16-7-9-19)15-17-14(18-21-15)12-4-3-5-13(10-12)20-2/h3-5,10-11,16H,6-9H2,1-2H3. The lowest BCUT2D eigenvalue weighted by atomic mass is 10.2. The van der Waals surface area contributed by atoms with Gasteiger partial charge in [0.1, 0.15) is 5.75 Å². The fraction of sp³-hybridized carbons (Fsp3) is 0.467. The quantitative estimate of drug-likeness (QED) is 0.924. The maximum absolute atomic E-state index is 5.44. The minimum Gasteiger partial charge on any atom is -0.497 e. The van der Waals surface area contributed by atoms with Crippen LogP contribution < -0.4 is 10.1 Å². The van der Waals surface area contributed by atoms with Crippen LogP contribution in [0.5, 0.6) is 5.75 Å². The van der Waals surface area contributed by atoms with Gasteiger partial charge in [-0.1, -0.05) is 17.3 Å². The van der Waals surface area contributed by atoms with Gasteiger partial charge in [0.15, 0.2) is 0 Å². The topological polar surface area (TPSA) is 63.4 Å². The molecule has 1 N–H and O–H groups in total. The fourth-order valence-corrected chi connectivity index (χ4v) is 2.51. The van der Waals surface area contributed by atoms with E-state index in [4.69, 9.17) is 9.26 Å². The summed E-state index contributed by atoms with van der Waals surface area (Å²) in [6.07, 6.45) is 0. The van der Waals surface area contributed by atoms with Gasteiger partial charge in [0.2, 0.25) is 11.7 Å². The second-order valence-electron chi connectivity index (χ2n) is 5.15. The molecule has 112 valence electrons. The van der Waals surface area contributed by atoms with Crippen molar-refractivity contribution in [1.29, 1.82) is 0 Å². The third-order valence-electron chi connectivity index (χ3n) is 3.83. The molecule has 2 aromatic rings. The summed E-state index contributed by atoms with van der Waals surface area (Å²) in [4.78, 5) is 6.88. The van der Waals surface area contributed by atoms with Gasteiger partial charge >= 0.3 is 0 Å². The summed E-state index contributed by atoms with van der Waals surface area (Å²) in [7, 11) is 1.65. The number of nitrogens with zero attached hydrogens (tertiary/aromatic N) is 3. The lowest BCUT2D eigenvalue weighted by Gasteiger charge is -2.30. The number of hydrogen-bond donors (Lipinski definition) is 1. The Morgan fingerprint density at radius 2 is 2.14 bits per heavy atom. The molecular formula is C15H20N4O2. The Balaban J connectivity index is 1.78. The maximum Gasteiger partial charge on any atom is 0.244 e. The molecular weight excluding hydrogens is 268 g/mol. The van der Waals surface area contributed by atoms with Crippen LogP contribution in [0.3, 0.4) is 0 Å². The molecule has 3 rings (SSSR count). The lowest BCUT2D eigenvalue weighted by molar-refractivity contribution is 0.154. The van der Waals surface area contributed by atoms with Crippen molar-refractivity contribution >= 4 is 0 Å². The molecule has 1 saturated heterocycles. The molecule has 0 bridgehead atoms. The molecule has 1 aliphatic heterocycles. The number of piperazine rings is 1. The molecule has 0 radical (unpaired) electrons. The van der Waals surface area contributed by atoms with E-state index in [0.29, 0.717) is 11.7 Å². The average molecular weight is 288 g/mol. The molecule has 2 heterocycles. The number of aromatic nitrogens is 2. The van der Waals surface area contributed by atoms with E-state index in [1.165, 1.54) is 0 Å². The number of rotatable bonds is 4. The first-order chi connectivity index (χ1) is 10.3. The third-order valence-corrected chi connectivity index (χ3v) is 3.83. The number of ether oxygens (including phenoxy) is 1. The Morgan fingerprint density at radius 1 is 1.33 bits per heavy atom. The molecule has 0 saturated carbocycles. The first kappa shape index (κ1) is 14.0. The first-order valence-corrected chi connectivity index (χ1v) is 7.21. The van der Waals surface area contributed by atoms with Crippen molar-refractivity contribution in [2.24, 2.45) is 0 Å². The van der Waals surface area contributed by atoms with Crippen LogP contribution in [0, 0.1) is 0 Å². The summed E-state index contributed by atoms with van der Waals surface area (Å²) in [5, 5.41) is 7.44. The van der Waals surface area contributed by atoms with E-state index in [2.05, 4.69) is 27.3 Å². The van der Waals surface area contributed by atoms with Crippen LogP contribution in [0.4, 0.5) is 0 Å². The number of benzene rings is 1. The second-order valence-corrected chi connectivity index (χ2v) is 5.15. The van der Waals surface area contributed by atoms with E-state index in [0.717, 1.165) is 37.5 Å². The third kappa shape index (κ3) is 3.06. The van der Waals surface area contributed by atoms with Crippen LogP contribution in [0.15, 0.2) is 28.8 Å². The van der Waals surface area contributed by atoms with Crippen LogP contribution in [0.25, 0.3) is 11.4 Å². The van der Waals surface area contributed by atoms with E-state index in [-0.39, 0.29) is 6.04 Å². The van der Waals surface area contributed by atoms with E-state index < -0.39 is 0 Å². The highest BCUT2D eigenvalue weighted by Gasteiger charge is 2.23. The molecule has 1 aromatic carbocycles. The van der Waals surface area contributed by atoms with Crippen molar-refractivity contribution in [3.05, 3.63) is 30.2 Å². The zero-order valence-electron chi connectivity index (χ0n) is 12.4. The summed E-state index contributed by atoms with van der Waals surface area (Å²) in [6, 6.07) is 7.81. The molecule has 0 aliphatic carbocycles. The number of methoxy groups -OCH3 is 1. The Labute approximate surface area is 124 Å². The summed E-state index contributed by atoms with van der Waals surface area (Å²) < 4.78 is 10.7. The Morgan fingerprint density at radius 3 is 2.90 bits per heavy atom.